The third-order valence-corrected chi connectivity index (χ3v) is 1.97. The SMILES string of the molecule is CCCCNc1ncnc(NN)c1OC. The van der Waals surface area contributed by atoms with Crippen LogP contribution in [0.25, 0.3) is 0 Å². The van der Waals surface area contributed by atoms with E-state index in [1.165, 1.54) is 6.33 Å². The van der Waals surface area contributed by atoms with Crippen LogP contribution in [0.15, 0.2) is 6.33 Å². The van der Waals surface area contributed by atoms with E-state index in [2.05, 4.69) is 27.6 Å². The summed E-state index contributed by atoms with van der Waals surface area (Å²) in [6, 6.07) is 0. The highest BCUT2D eigenvalue weighted by molar-refractivity contribution is 5.62. The first-order valence-electron chi connectivity index (χ1n) is 4.93. The van der Waals surface area contributed by atoms with Gasteiger partial charge >= 0.3 is 0 Å². The lowest BCUT2D eigenvalue weighted by atomic mass is 10.3. The average Bonchev–Trinajstić information content (AvgIpc) is 2.29. The minimum absolute atomic E-state index is 0.478. The van der Waals surface area contributed by atoms with Crippen molar-refractivity contribution >= 4 is 11.6 Å². The molecule has 15 heavy (non-hydrogen) atoms. The molecule has 0 saturated carbocycles. The van der Waals surface area contributed by atoms with E-state index in [1.54, 1.807) is 7.11 Å². The Morgan fingerprint density at radius 1 is 1.40 bits per heavy atom. The minimum Gasteiger partial charge on any atom is -0.490 e. The second-order valence-electron chi connectivity index (χ2n) is 3.03. The predicted octanol–water partition coefficient (Wildman–Crippen LogP) is 0.983. The number of rotatable bonds is 6. The van der Waals surface area contributed by atoms with Crippen molar-refractivity contribution in [2.75, 3.05) is 24.4 Å². The molecule has 0 aliphatic rings. The molecule has 1 rings (SSSR count). The number of ether oxygens (including phenoxy) is 1. The molecule has 0 aromatic carbocycles. The van der Waals surface area contributed by atoms with Crippen LogP contribution in [-0.2, 0) is 0 Å². The minimum atomic E-state index is 0.478. The van der Waals surface area contributed by atoms with Crippen molar-refractivity contribution in [3.8, 4) is 5.75 Å². The molecule has 0 bridgehead atoms. The molecule has 0 unspecified atom stereocenters. The lowest BCUT2D eigenvalue weighted by Gasteiger charge is -2.11. The Morgan fingerprint density at radius 2 is 2.13 bits per heavy atom. The number of hydrazine groups is 1. The van der Waals surface area contributed by atoms with Gasteiger partial charge in [-0.05, 0) is 6.42 Å². The van der Waals surface area contributed by atoms with Crippen LogP contribution in [0, 0.1) is 0 Å². The smallest absolute Gasteiger partial charge is 0.205 e. The van der Waals surface area contributed by atoms with Crippen LogP contribution in [0.5, 0.6) is 5.75 Å². The molecule has 1 heterocycles. The van der Waals surface area contributed by atoms with Crippen LogP contribution in [0.3, 0.4) is 0 Å². The van der Waals surface area contributed by atoms with Gasteiger partial charge in [0.1, 0.15) is 6.33 Å². The lowest BCUT2D eigenvalue weighted by molar-refractivity contribution is 0.414. The second kappa shape index (κ2) is 6.02. The highest BCUT2D eigenvalue weighted by atomic mass is 16.5. The Labute approximate surface area is 89.2 Å². The zero-order valence-corrected chi connectivity index (χ0v) is 9.08. The van der Waals surface area contributed by atoms with Gasteiger partial charge in [-0.3, -0.25) is 0 Å². The zero-order valence-electron chi connectivity index (χ0n) is 9.08. The van der Waals surface area contributed by atoms with Gasteiger partial charge in [0.15, 0.2) is 11.6 Å². The van der Waals surface area contributed by atoms with Crippen molar-refractivity contribution in [1.82, 2.24) is 9.97 Å². The first kappa shape index (κ1) is 11.5. The third-order valence-electron chi connectivity index (χ3n) is 1.97. The van der Waals surface area contributed by atoms with Crippen LogP contribution >= 0.6 is 0 Å². The normalized spacial score (nSPS) is 9.80. The summed E-state index contributed by atoms with van der Waals surface area (Å²) in [6.45, 7) is 2.99. The van der Waals surface area contributed by atoms with E-state index in [1.807, 2.05) is 0 Å². The fourth-order valence-electron chi connectivity index (χ4n) is 1.18. The topological polar surface area (TPSA) is 85.1 Å². The van der Waals surface area contributed by atoms with E-state index < -0.39 is 0 Å². The summed E-state index contributed by atoms with van der Waals surface area (Å²) < 4.78 is 5.17. The van der Waals surface area contributed by atoms with Crippen molar-refractivity contribution in [1.29, 1.82) is 0 Å². The fraction of sp³-hybridized carbons (Fsp3) is 0.556. The molecule has 1 aromatic rings. The Kier molecular flexibility index (Phi) is 4.62. The molecule has 4 N–H and O–H groups in total. The highest BCUT2D eigenvalue weighted by Gasteiger charge is 2.09. The van der Waals surface area contributed by atoms with Crippen molar-refractivity contribution in [2.45, 2.75) is 19.8 Å². The largest absolute Gasteiger partial charge is 0.490 e. The number of nitrogens with two attached hydrogens (primary N) is 1. The van der Waals surface area contributed by atoms with E-state index in [-0.39, 0.29) is 0 Å². The molecule has 0 saturated heterocycles. The summed E-state index contributed by atoms with van der Waals surface area (Å²) >= 11 is 0. The number of hydrogen-bond donors (Lipinski definition) is 3. The fourth-order valence-corrected chi connectivity index (χ4v) is 1.18. The molecule has 0 aliphatic carbocycles. The standard InChI is InChI=1S/C9H17N5O/c1-3-4-5-11-8-7(15-2)9(14-10)13-6-12-8/h6H,3-5,10H2,1-2H3,(H2,11,12,13,14). The van der Waals surface area contributed by atoms with Gasteiger partial charge in [0.05, 0.1) is 7.11 Å². The van der Waals surface area contributed by atoms with Crippen molar-refractivity contribution in [2.24, 2.45) is 5.84 Å². The highest BCUT2D eigenvalue weighted by Crippen LogP contribution is 2.27. The van der Waals surface area contributed by atoms with E-state index in [9.17, 15) is 0 Å². The molecule has 0 radical (unpaired) electrons. The number of hydrogen-bond acceptors (Lipinski definition) is 6. The number of methoxy groups -OCH3 is 1. The molecule has 6 nitrogen and oxygen atoms in total. The zero-order chi connectivity index (χ0) is 11.1. The van der Waals surface area contributed by atoms with Gasteiger partial charge in [0.2, 0.25) is 5.75 Å². The molecule has 0 atom stereocenters. The van der Waals surface area contributed by atoms with Gasteiger partial charge in [-0.1, -0.05) is 13.3 Å². The molecule has 1 aromatic heterocycles. The first-order chi connectivity index (χ1) is 7.33. The summed E-state index contributed by atoms with van der Waals surface area (Å²) in [5, 5.41) is 3.17. The Bertz CT molecular complexity index is 305. The first-order valence-corrected chi connectivity index (χ1v) is 4.93. The molecular formula is C9H17N5O. The van der Waals surface area contributed by atoms with E-state index in [4.69, 9.17) is 10.6 Å². The quantitative estimate of drug-likeness (QED) is 0.369. The Hall–Kier alpha value is -1.56. The maximum Gasteiger partial charge on any atom is 0.205 e. The van der Waals surface area contributed by atoms with Gasteiger partial charge in [0.25, 0.3) is 0 Å². The van der Waals surface area contributed by atoms with Gasteiger partial charge in [-0.25, -0.2) is 15.8 Å². The average molecular weight is 211 g/mol. The summed E-state index contributed by atoms with van der Waals surface area (Å²) in [6.07, 6.45) is 3.65. The number of nitrogens with one attached hydrogen (secondary N) is 2. The molecule has 0 fully saturated rings. The second-order valence-corrected chi connectivity index (χ2v) is 3.03. The Balaban J connectivity index is 2.76. The number of unbranched alkanes of at least 4 members (excludes halogenated alkanes) is 1. The van der Waals surface area contributed by atoms with E-state index >= 15 is 0 Å². The maximum absolute atomic E-state index is 5.30. The summed E-state index contributed by atoms with van der Waals surface area (Å²) in [5.74, 6) is 6.98. The molecule has 0 amide bonds. The van der Waals surface area contributed by atoms with Gasteiger partial charge < -0.3 is 15.5 Å². The van der Waals surface area contributed by atoms with Gasteiger partial charge in [-0.15, -0.1) is 0 Å². The predicted molar refractivity (Wildman–Crippen MR) is 59.8 cm³/mol. The summed E-state index contributed by atoms with van der Waals surface area (Å²) in [5.41, 5.74) is 2.46. The summed E-state index contributed by atoms with van der Waals surface area (Å²) in [4.78, 5) is 8.03. The molecule has 0 aliphatic heterocycles. The molecule has 6 heteroatoms. The van der Waals surface area contributed by atoms with Crippen LogP contribution in [0.1, 0.15) is 19.8 Å². The van der Waals surface area contributed by atoms with Crippen molar-refractivity contribution in [3.63, 3.8) is 0 Å². The van der Waals surface area contributed by atoms with E-state index in [0.29, 0.717) is 17.4 Å². The van der Waals surface area contributed by atoms with Gasteiger partial charge in [0, 0.05) is 6.54 Å². The van der Waals surface area contributed by atoms with Crippen LogP contribution in [-0.4, -0.2) is 23.6 Å². The van der Waals surface area contributed by atoms with Crippen molar-refractivity contribution < 1.29 is 4.74 Å². The van der Waals surface area contributed by atoms with Crippen LogP contribution in [0.4, 0.5) is 11.6 Å². The number of nitrogen functional groups attached to an aromatic ring is 1. The monoisotopic (exact) mass is 211 g/mol. The number of nitrogens with zero attached hydrogens (tertiary/aromatic N) is 2. The molecule has 0 spiro atoms. The van der Waals surface area contributed by atoms with Crippen molar-refractivity contribution in [3.05, 3.63) is 6.33 Å². The number of aromatic nitrogens is 2. The lowest BCUT2D eigenvalue weighted by Crippen LogP contribution is -2.12. The third kappa shape index (κ3) is 2.95. The maximum atomic E-state index is 5.30. The number of anilines is 2. The van der Waals surface area contributed by atoms with Gasteiger partial charge in [-0.2, -0.15) is 0 Å². The Morgan fingerprint density at radius 3 is 2.73 bits per heavy atom. The molecular weight excluding hydrogens is 194 g/mol. The summed E-state index contributed by atoms with van der Waals surface area (Å²) in [7, 11) is 1.56. The molecule has 84 valence electrons. The van der Waals surface area contributed by atoms with Crippen LogP contribution in [0.2, 0.25) is 0 Å². The van der Waals surface area contributed by atoms with Crippen LogP contribution < -0.4 is 21.3 Å². The van der Waals surface area contributed by atoms with E-state index in [0.717, 1.165) is 19.4 Å².